The van der Waals surface area contributed by atoms with Crippen LogP contribution in [0.1, 0.15) is 72.1 Å². The lowest BCUT2D eigenvalue weighted by Crippen LogP contribution is -2.06. The number of unbranched alkanes of at least 4 members (excludes halogenated alkanes) is 6. The van der Waals surface area contributed by atoms with Crippen molar-refractivity contribution in [1.29, 1.82) is 0 Å². The van der Waals surface area contributed by atoms with Gasteiger partial charge in [0, 0.05) is 12.1 Å². The van der Waals surface area contributed by atoms with Gasteiger partial charge in [-0.25, -0.2) is 0 Å². The highest BCUT2D eigenvalue weighted by Gasteiger charge is 2.21. The molecule has 0 amide bonds. The molecule has 178 valence electrons. The highest BCUT2D eigenvalue weighted by Crippen LogP contribution is 2.40. The quantitative estimate of drug-likeness (QED) is 0.166. The molecule has 0 radical (unpaired) electrons. The van der Waals surface area contributed by atoms with Crippen molar-refractivity contribution in [1.82, 2.24) is 10.2 Å². The second-order valence-corrected chi connectivity index (χ2v) is 10.5. The first-order chi connectivity index (χ1) is 16.2. The molecule has 0 saturated heterocycles. The van der Waals surface area contributed by atoms with E-state index in [1.165, 1.54) is 43.4 Å². The molecule has 0 saturated carbocycles. The molecule has 1 heterocycles. The lowest BCUT2D eigenvalue weighted by molar-refractivity contribution is 0.256. The van der Waals surface area contributed by atoms with E-state index >= 15 is 0 Å². The minimum atomic E-state index is -0.258. The second kappa shape index (κ2) is 14.0. The van der Waals surface area contributed by atoms with Gasteiger partial charge in [-0.1, -0.05) is 75.9 Å². The Balaban J connectivity index is 1.52. The highest BCUT2D eigenvalue weighted by molar-refractivity contribution is 7.40. The molecule has 0 aliphatic rings. The van der Waals surface area contributed by atoms with Gasteiger partial charge >= 0.3 is 0 Å². The summed E-state index contributed by atoms with van der Waals surface area (Å²) in [5.74, 6) is 2.40. The van der Waals surface area contributed by atoms with Crippen molar-refractivity contribution in [2.75, 3.05) is 13.2 Å². The van der Waals surface area contributed by atoms with Crippen LogP contribution in [0.5, 0.6) is 11.5 Å². The Labute approximate surface area is 202 Å². The molecule has 0 spiro atoms. The second-order valence-electron chi connectivity index (χ2n) is 8.75. The van der Waals surface area contributed by atoms with Crippen molar-refractivity contribution >= 4 is 10.5 Å². The Morgan fingerprint density at radius 3 is 2.12 bits per heavy atom. The third kappa shape index (κ3) is 8.15. The zero-order valence-corrected chi connectivity index (χ0v) is 21.3. The minimum Gasteiger partial charge on any atom is -0.494 e. The predicted octanol–water partition coefficient (Wildman–Crippen LogP) is 8.44. The molecule has 0 aliphatic carbocycles. The summed E-state index contributed by atoms with van der Waals surface area (Å²) in [6.45, 7) is 8.19. The first kappa shape index (κ1) is 25.2. The summed E-state index contributed by atoms with van der Waals surface area (Å²) in [4.78, 5) is 1.20. The smallest absolute Gasteiger partial charge is 0.299 e. The normalized spacial score (nSPS) is 12.5. The van der Waals surface area contributed by atoms with Gasteiger partial charge in [-0.3, -0.25) is 0 Å². The van der Waals surface area contributed by atoms with Crippen molar-refractivity contribution in [3.8, 4) is 27.0 Å². The average molecular weight is 468 g/mol. The van der Waals surface area contributed by atoms with Crippen LogP contribution in [-0.4, -0.2) is 23.4 Å². The molecule has 0 fully saturated rings. The summed E-state index contributed by atoms with van der Waals surface area (Å²) in [6.07, 6.45) is 10.2. The number of hydrogen-bond acceptors (Lipinski definition) is 4. The first-order valence-corrected chi connectivity index (χ1v) is 13.8. The predicted molar refractivity (Wildman–Crippen MR) is 140 cm³/mol. The Morgan fingerprint density at radius 1 is 0.788 bits per heavy atom. The summed E-state index contributed by atoms with van der Waals surface area (Å²) >= 11 is 0. The SMILES string of the molecule is CCCCCCCCCOc1ccc(-[s+]2cnnc2-c2ccc(OCC(C)CC)cc2)cc1. The van der Waals surface area contributed by atoms with Crippen molar-refractivity contribution in [3.05, 3.63) is 54.0 Å². The van der Waals surface area contributed by atoms with Crippen LogP contribution in [0.25, 0.3) is 15.5 Å². The largest absolute Gasteiger partial charge is 0.494 e. The van der Waals surface area contributed by atoms with Crippen molar-refractivity contribution in [3.63, 3.8) is 0 Å². The fraction of sp³-hybridized carbons (Fsp3) is 0.500. The summed E-state index contributed by atoms with van der Waals surface area (Å²) in [5.41, 5.74) is 3.03. The molecule has 2 unspecified atom stereocenters. The van der Waals surface area contributed by atoms with Crippen LogP contribution in [0, 0.1) is 5.92 Å². The lowest BCUT2D eigenvalue weighted by atomic mass is 10.1. The van der Waals surface area contributed by atoms with E-state index in [2.05, 4.69) is 67.4 Å². The van der Waals surface area contributed by atoms with E-state index in [0.29, 0.717) is 5.92 Å². The highest BCUT2D eigenvalue weighted by atomic mass is 32.2. The molecule has 33 heavy (non-hydrogen) atoms. The zero-order chi connectivity index (χ0) is 23.3. The van der Waals surface area contributed by atoms with E-state index in [1.54, 1.807) is 0 Å². The van der Waals surface area contributed by atoms with Gasteiger partial charge in [0.15, 0.2) is 4.90 Å². The summed E-state index contributed by atoms with van der Waals surface area (Å²) in [6, 6.07) is 16.6. The van der Waals surface area contributed by atoms with Crippen LogP contribution in [0.15, 0.2) is 54.0 Å². The molecule has 0 bridgehead atoms. The summed E-state index contributed by atoms with van der Waals surface area (Å²) in [7, 11) is -0.258. The van der Waals surface area contributed by atoms with E-state index in [4.69, 9.17) is 9.47 Å². The molecule has 2 aromatic carbocycles. The maximum Gasteiger partial charge on any atom is 0.299 e. The molecule has 2 atom stereocenters. The molecule has 5 heteroatoms. The fourth-order valence-corrected chi connectivity index (χ4v) is 5.10. The third-order valence-corrected chi connectivity index (χ3v) is 7.76. The maximum atomic E-state index is 5.95. The molecular weight excluding hydrogens is 428 g/mol. The Bertz CT molecular complexity index is 922. The van der Waals surface area contributed by atoms with Gasteiger partial charge in [-0.2, -0.15) is 0 Å². The molecule has 3 rings (SSSR count). The van der Waals surface area contributed by atoms with E-state index in [9.17, 15) is 0 Å². The van der Waals surface area contributed by atoms with Gasteiger partial charge < -0.3 is 9.47 Å². The zero-order valence-electron chi connectivity index (χ0n) is 20.5. The Hall–Kier alpha value is -2.40. The van der Waals surface area contributed by atoms with Gasteiger partial charge in [-0.05, 0) is 48.7 Å². The Morgan fingerprint density at radius 2 is 1.42 bits per heavy atom. The van der Waals surface area contributed by atoms with E-state index in [1.807, 2.05) is 17.6 Å². The summed E-state index contributed by atoms with van der Waals surface area (Å²) in [5, 5.41) is 9.65. The fourth-order valence-electron chi connectivity index (χ4n) is 3.56. The number of nitrogens with zero attached hydrogens (tertiary/aromatic N) is 2. The maximum absolute atomic E-state index is 5.95. The van der Waals surface area contributed by atoms with E-state index in [-0.39, 0.29) is 10.5 Å². The van der Waals surface area contributed by atoms with E-state index in [0.717, 1.165) is 48.1 Å². The third-order valence-electron chi connectivity index (χ3n) is 5.94. The number of ether oxygens (including phenoxy) is 2. The van der Waals surface area contributed by atoms with Crippen molar-refractivity contribution in [2.24, 2.45) is 5.92 Å². The van der Waals surface area contributed by atoms with Crippen LogP contribution >= 0.6 is 10.5 Å². The van der Waals surface area contributed by atoms with Crippen molar-refractivity contribution in [2.45, 2.75) is 72.1 Å². The first-order valence-electron chi connectivity index (χ1n) is 12.5. The topological polar surface area (TPSA) is 44.2 Å². The van der Waals surface area contributed by atoms with Crippen LogP contribution in [0.4, 0.5) is 0 Å². The number of benzene rings is 2. The van der Waals surface area contributed by atoms with Gasteiger partial charge in [0.2, 0.25) is 0 Å². The number of aromatic nitrogens is 2. The molecular formula is C28H39N2O2S+. The number of rotatable bonds is 15. The van der Waals surface area contributed by atoms with Crippen LogP contribution in [0.3, 0.4) is 0 Å². The molecule has 3 aromatic rings. The Kier molecular flexibility index (Phi) is 10.7. The molecule has 0 aliphatic heterocycles. The van der Waals surface area contributed by atoms with Gasteiger partial charge in [0.25, 0.3) is 10.5 Å². The standard InChI is InChI=1S/C28H39N2O2S/c1-4-6-7-8-9-10-11-20-31-25-16-18-27(19-17-25)33-22-29-30-28(33)24-12-14-26(15-13-24)32-21-23(3)5-2/h12-19,22-23H,4-11,20-21H2,1-3H3/q+1. The van der Waals surface area contributed by atoms with Gasteiger partial charge in [0.1, 0.15) is 11.5 Å². The monoisotopic (exact) mass is 467 g/mol. The van der Waals surface area contributed by atoms with Gasteiger partial charge in [0.05, 0.1) is 29.2 Å². The molecule has 4 nitrogen and oxygen atoms in total. The molecule has 1 aromatic heterocycles. The van der Waals surface area contributed by atoms with Crippen LogP contribution in [-0.2, 0) is 0 Å². The molecule has 0 N–H and O–H groups in total. The van der Waals surface area contributed by atoms with Crippen LogP contribution in [0.2, 0.25) is 0 Å². The van der Waals surface area contributed by atoms with Crippen molar-refractivity contribution < 1.29 is 9.47 Å². The summed E-state index contributed by atoms with van der Waals surface area (Å²) < 4.78 is 11.8. The minimum absolute atomic E-state index is 0.258. The number of hydrogen-bond donors (Lipinski definition) is 0. The van der Waals surface area contributed by atoms with Gasteiger partial charge in [-0.15, -0.1) is 0 Å². The lowest BCUT2D eigenvalue weighted by Gasteiger charge is -2.10. The van der Waals surface area contributed by atoms with E-state index < -0.39 is 0 Å². The van der Waals surface area contributed by atoms with Crippen LogP contribution < -0.4 is 9.47 Å². The average Bonchev–Trinajstić information content (AvgIpc) is 3.35.